The van der Waals surface area contributed by atoms with Gasteiger partial charge >= 0.3 is 0 Å². The molecule has 8 nitrogen and oxygen atoms in total. The number of amides is 4. The van der Waals surface area contributed by atoms with E-state index in [1.54, 1.807) is 0 Å². The number of nitrogens with zero attached hydrogens (tertiary/aromatic N) is 4. The molecule has 4 aliphatic rings. The number of fused-ring (bicyclic) bond motifs is 3. The summed E-state index contributed by atoms with van der Waals surface area (Å²) in [6, 6.07) is 35.1. The highest BCUT2D eigenvalue weighted by atomic mass is 16.2. The number of anilines is 4. The highest BCUT2D eigenvalue weighted by Gasteiger charge is 2.43. The van der Waals surface area contributed by atoms with Crippen LogP contribution in [0.5, 0.6) is 0 Å². The normalized spacial score (nSPS) is 15.1. The summed E-state index contributed by atoms with van der Waals surface area (Å²) in [5.74, 6) is -1.44. The zero-order chi connectivity index (χ0) is 44.2. The maximum absolute atomic E-state index is 14.9. The average Bonchev–Trinajstić information content (AvgIpc) is 4.16. The first-order valence-electron chi connectivity index (χ1n) is 22.3. The van der Waals surface area contributed by atoms with E-state index in [2.05, 4.69) is 34.1 Å². The minimum absolute atomic E-state index is 0.349. The molecule has 0 saturated carbocycles. The molecule has 8 heteroatoms. The second-order valence-electron chi connectivity index (χ2n) is 16.4. The lowest BCUT2D eigenvalue weighted by atomic mass is 9.87. The number of imide groups is 2. The zero-order valence-corrected chi connectivity index (χ0v) is 36.5. The maximum atomic E-state index is 14.9. The van der Waals surface area contributed by atoms with Gasteiger partial charge in [-0.1, -0.05) is 109 Å². The molecule has 0 fully saturated rings. The van der Waals surface area contributed by atoms with Crippen molar-refractivity contribution >= 4 is 68.3 Å². The second kappa shape index (κ2) is 16.3. The van der Waals surface area contributed by atoms with E-state index >= 15 is 0 Å². The fraction of sp³-hybridized carbons (Fsp3) is 0.179. The van der Waals surface area contributed by atoms with Gasteiger partial charge in [0.15, 0.2) is 0 Å². The van der Waals surface area contributed by atoms with Gasteiger partial charge in [0.2, 0.25) is 0 Å². The van der Waals surface area contributed by atoms with Crippen molar-refractivity contribution in [1.82, 2.24) is 0 Å². The van der Waals surface area contributed by atoms with E-state index in [4.69, 9.17) is 0 Å². The summed E-state index contributed by atoms with van der Waals surface area (Å²) in [6.45, 7) is 10.8. The van der Waals surface area contributed by atoms with Gasteiger partial charge in [0.25, 0.3) is 23.6 Å². The second-order valence-corrected chi connectivity index (χ2v) is 16.4. The molecular formula is C56H48N4O4. The van der Waals surface area contributed by atoms with Crippen LogP contribution in [-0.2, 0) is 0 Å². The molecular weight excluding hydrogens is 793 g/mol. The van der Waals surface area contributed by atoms with E-state index in [1.807, 2.05) is 149 Å². The molecule has 0 radical (unpaired) electrons. The molecule has 0 aromatic heterocycles. The Labute approximate surface area is 373 Å². The van der Waals surface area contributed by atoms with Gasteiger partial charge in [0.1, 0.15) is 0 Å². The third-order valence-electron chi connectivity index (χ3n) is 13.3. The van der Waals surface area contributed by atoms with Crippen LogP contribution in [0.1, 0.15) is 93.1 Å². The van der Waals surface area contributed by atoms with Crippen molar-refractivity contribution < 1.29 is 19.2 Å². The summed E-state index contributed by atoms with van der Waals surface area (Å²) in [5.41, 5.74) is 11.4. The van der Waals surface area contributed by atoms with E-state index in [9.17, 15) is 19.2 Å². The summed E-state index contributed by atoms with van der Waals surface area (Å²) < 4.78 is 0. The fourth-order valence-electron chi connectivity index (χ4n) is 10.0. The monoisotopic (exact) mass is 840 g/mol. The molecule has 6 aromatic carbocycles. The molecule has 0 atom stereocenters. The van der Waals surface area contributed by atoms with E-state index in [1.165, 1.54) is 20.9 Å². The molecule has 2 aliphatic heterocycles. The molecule has 6 aromatic rings. The summed E-state index contributed by atoms with van der Waals surface area (Å²) in [6.07, 6.45) is 14.2. The molecule has 0 saturated heterocycles. The van der Waals surface area contributed by atoms with Gasteiger partial charge in [-0.2, -0.15) is 0 Å². The van der Waals surface area contributed by atoms with Crippen molar-refractivity contribution in [3.05, 3.63) is 179 Å². The van der Waals surface area contributed by atoms with Crippen LogP contribution < -0.4 is 19.6 Å². The van der Waals surface area contributed by atoms with Crippen molar-refractivity contribution in [1.29, 1.82) is 0 Å². The zero-order valence-electron chi connectivity index (χ0n) is 36.5. The van der Waals surface area contributed by atoms with Crippen molar-refractivity contribution in [3.8, 4) is 22.3 Å². The van der Waals surface area contributed by atoms with Crippen molar-refractivity contribution in [2.45, 2.75) is 40.5 Å². The lowest BCUT2D eigenvalue weighted by Gasteiger charge is -2.24. The highest BCUT2D eigenvalue weighted by Crippen LogP contribution is 2.47. The summed E-state index contributed by atoms with van der Waals surface area (Å²) in [7, 11) is 0. The number of rotatable bonds is 12. The maximum Gasteiger partial charge on any atom is 0.268 e. The quantitative estimate of drug-likeness (QED) is 0.114. The Kier molecular flexibility index (Phi) is 10.3. The van der Waals surface area contributed by atoms with E-state index in [0.29, 0.717) is 70.9 Å². The third-order valence-corrected chi connectivity index (χ3v) is 13.3. The Hall–Kier alpha value is -7.58. The molecule has 10 rings (SSSR count). The van der Waals surface area contributed by atoms with Crippen molar-refractivity contribution in [2.75, 3.05) is 45.8 Å². The molecule has 0 spiro atoms. The number of carbonyl (C=O) groups is 4. The summed E-state index contributed by atoms with van der Waals surface area (Å²) in [4.78, 5) is 65.9. The van der Waals surface area contributed by atoms with Gasteiger partial charge in [0.05, 0.1) is 45.0 Å². The topological polar surface area (TPSA) is 81.2 Å². The number of carbonyl (C=O) groups excluding carboxylic acids is 4. The van der Waals surface area contributed by atoms with Gasteiger partial charge in [-0.25, -0.2) is 9.80 Å². The molecule has 0 unspecified atom stereocenters. The molecule has 0 N–H and O–H groups in total. The van der Waals surface area contributed by atoms with Crippen LogP contribution in [0.4, 0.5) is 22.7 Å². The van der Waals surface area contributed by atoms with E-state index < -0.39 is 0 Å². The summed E-state index contributed by atoms with van der Waals surface area (Å²) >= 11 is 0. The fourth-order valence-corrected chi connectivity index (χ4v) is 10.0. The predicted molar refractivity (Wildman–Crippen MR) is 261 cm³/mol. The van der Waals surface area contributed by atoms with Gasteiger partial charge in [-0.05, 0) is 132 Å². The van der Waals surface area contributed by atoms with Crippen LogP contribution in [0.15, 0.2) is 146 Å². The van der Waals surface area contributed by atoms with Gasteiger partial charge in [-0.15, -0.1) is 0 Å². The molecule has 316 valence electrons. The Morgan fingerprint density at radius 2 is 0.781 bits per heavy atom. The molecule has 2 aliphatic carbocycles. The van der Waals surface area contributed by atoms with Crippen LogP contribution >= 0.6 is 0 Å². The molecule has 0 bridgehead atoms. The molecule has 64 heavy (non-hydrogen) atoms. The van der Waals surface area contributed by atoms with Gasteiger partial charge in [0, 0.05) is 26.2 Å². The predicted octanol–water partition coefficient (Wildman–Crippen LogP) is 12.2. The Balaban J connectivity index is 1.10. The highest BCUT2D eigenvalue weighted by molar-refractivity contribution is 6.39. The first kappa shape index (κ1) is 40.5. The molecule has 2 heterocycles. The number of allylic oxidation sites excluding steroid dienone is 8. The van der Waals surface area contributed by atoms with Crippen molar-refractivity contribution in [3.63, 3.8) is 0 Å². The SMILES string of the molecule is CCN(CC)c1ccc(-c2ccc(-c3ccc(N(CC)CC)c4c3C(=O)N(c3ccc(C5=CC=CC5)cc3)C4=O)c3ccccc23)c2c1C(=O)N(c1ccc(C3=CC=CC3)cc1)C2=O. The van der Waals surface area contributed by atoms with Crippen molar-refractivity contribution in [2.24, 2.45) is 0 Å². The minimum atomic E-state index is -0.370. The number of hydrogen-bond donors (Lipinski definition) is 0. The van der Waals surface area contributed by atoms with E-state index in [-0.39, 0.29) is 23.6 Å². The first-order valence-corrected chi connectivity index (χ1v) is 22.3. The van der Waals surface area contributed by atoms with Gasteiger partial charge in [-0.3, -0.25) is 19.2 Å². The lowest BCUT2D eigenvalue weighted by Crippen LogP contribution is -2.30. The largest absolute Gasteiger partial charge is 0.371 e. The average molecular weight is 841 g/mol. The Bertz CT molecular complexity index is 2870. The number of benzene rings is 6. The Morgan fingerprint density at radius 1 is 0.422 bits per heavy atom. The standard InChI is InChI=1S/C56H48N4O4/c1-5-57(6-2)47-33-31-45(49-51(47)55(63)59(53(49)61)39-25-21-37(22-26-39)35-15-9-10-16-35)43-29-30-44(42-20-14-13-19-41(42)43)46-32-34-48(58(7-3)8-4)52-50(46)54(62)60(56(52)64)40-27-23-38(24-28-40)36-17-11-12-18-36/h9-15,17,19-34H,5-8,16,18H2,1-4H3. The van der Waals surface area contributed by atoms with Crippen LogP contribution in [0.3, 0.4) is 0 Å². The van der Waals surface area contributed by atoms with Crippen LogP contribution in [0.2, 0.25) is 0 Å². The van der Waals surface area contributed by atoms with Crippen LogP contribution in [0.25, 0.3) is 44.2 Å². The minimum Gasteiger partial charge on any atom is -0.371 e. The third kappa shape index (κ3) is 6.35. The smallest absolute Gasteiger partial charge is 0.268 e. The van der Waals surface area contributed by atoms with E-state index in [0.717, 1.165) is 57.2 Å². The Morgan fingerprint density at radius 3 is 1.12 bits per heavy atom. The van der Waals surface area contributed by atoms with Crippen LogP contribution in [-0.4, -0.2) is 49.8 Å². The lowest BCUT2D eigenvalue weighted by molar-refractivity contribution is 0.0910. The number of hydrogen-bond acceptors (Lipinski definition) is 6. The summed E-state index contributed by atoms with van der Waals surface area (Å²) in [5, 5.41) is 1.70. The first-order chi connectivity index (χ1) is 31.3. The molecule has 4 amide bonds. The van der Waals surface area contributed by atoms with Crippen LogP contribution in [0, 0.1) is 0 Å². The van der Waals surface area contributed by atoms with Gasteiger partial charge < -0.3 is 9.80 Å².